The first kappa shape index (κ1) is 15.3. The molecule has 0 fully saturated rings. The maximum Gasteiger partial charge on any atom is 0.471 e. The van der Waals surface area contributed by atoms with E-state index in [2.05, 4.69) is 0 Å². The van der Waals surface area contributed by atoms with Gasteiger partial charge in [-0.05, 0) is 38.5 Å². The summed E-state index contributed by atoms with van der Waals surface area (Å²) >= 11 is 0. The van der Waals surface area contributed by atoms with E-state index in [1.165, 1.54) is 6.92 Å². The van der Waals surface area contributed by atoms with Gasteiger partial charge in [-0.15, -0.1) is 0 Å². The minimum Gasteiger partial charge on any atom is -0.491 e. The first-order chi connectivity index (χ1) is 8.70. The molecule has 0 bridgehead atoms. The van der Waals surface area contributed by atoms with Crippen molar-refractivity contribution in [3.63, 3.8) is 0 Å². The van der Waals surface area contributed by atoms with Gasteiger partial charge in [-0.1, -0.05) is 12.1 Å². The van der Waals surface area contributed by atoms with Crippen LogP contribution in [0.2, 0.25) is 0 Å². The molecule has 0 aliphatic heterocycles. The summed E-state index contributed by atoms with van der Waals surface area (Å²) in [4.78, 5) is 10.8. The Morgan fingerprint density at radius 2 is 1.68 bits per heavy atom. The molecule has 1 unspecified atom stereocenters. The van der Waals surface area contributed by atoms with Crippen molar-refractivity contribution in [1.82, 2.24) is 5.32 Å². The zero-order valence-electron chi connectivity index (χ0n) is 10.9. The largest absolute Gasteiger partial charge is 0.491 e. The summed E-state index contributed by atoms with van der Waals surface area (Å²) in [7, 11) is 0. The van der Waals surface area contributed by atoms with Crippen LogP contribution in [0.3, 0.4) is 0 Å². The minimum atomic E-state index is -4.87. The average Bonchev–Trinajstić information content (AvgIpc) is 2.27. The molecule has 0 aliphatic rings. The molecule has 106 valence electrons. The van der Waals surface area contributed by atoms with Crippen LogP contribution in [0.5, 0.6) is 5.75 Å². The first-order valence-electron chi connectivity index (χ1n) is 5.84. The number of carbonyl (C=O) groups is 1. The first-order valence-corrected chi connectivity index (χ1v) is 5.84. The van der Waals surface area contributed by atoms with Crippen LogP contribution in [0.1, 0.15) is 32.4 Å². The summed E-state index contributed by atoms with van der Waals surface area (Å²) in [5.41, 5.74) is 0.578. The van der Waals surface area contributed by atoms with Gasteiger partial charge in [-0.25, -0.2) is 0 Å². The van der Waals surface area contributed by atoms with Crippen molar-refractivity contribution in [2.45, 2.75) is 39.1 Å². The molecule has 0 aliphatic carbocycles. The maximum absolute atomic E-state index is 12.1. The smallest absolute Gasteiger partial charge is 0.471 e. The van der Waals surface area contributed by atoms with Crippen LogP contribution in [-0.4, -0.2) is 18.2 Å². The Morgan fingerprint density at radius 3 is 2.11 bits per heavy atom. The highest BCUT2D eigenvalue weighted by atomic mass is 19.4. The van der Waals surface area contributed by atoms with Crippen LogP contribution in [0.15, 0.2) is 24.3 Å². The number of ether oxygens (including phenoxy) is 1. The van der Waals surface area contributed by atoms with Gasteiger partial charge in [-0.2, -0.15) is 13.2 Å². The van der Waals surface area contributed by atoms with E-state index >= 15 is 0 Å². The molecule has 6 heteroatoms. The van der Waals surface area contributed by atoms with Gasteiger partial charge in [0.05, 0.1) is 12.1 Å². The lowest BCUT2D eigenvalue weighted by Crippen LogP contribution is -2.38. The molecule has 1 aromatic carbocycles. The van der Waals surface area contributed by atoms with E-state index in [9.17, 15) is 18.0 Å². The lowest BCUT2D eigenvalue weighted by Gasteiger charge is -2.16. The number of benzene rings is 1. The van der Waals surface area contributed by atoms with Crippen LogP contribution < -0.4 is 10.1 Å². The molecule has 0 spiro atoms. The van der Waals surface area contributed by atoms with Gasteiger partial charge in [0.1, 0.15) is 5.75 Å². The van der Waals surface area contributed by atoms with Gasteiger partial charge in [0, 0.05) is 0 Å². The van der Waals surface area contributed by atoms with Crippen molar-refractivity contribution < 1.29 is 22.7 Å². The van der Waals surface area contributed by atoms with E-state index < -0.39 is 18.1 Å². The normalized spacial score (nSPS) is 13.2. The van der Waals surface area contributed by atoms with E-state index in [1.807, 2.05) is 19.2 Å². The highest BCUT2D eigenvalue weighted by molar-refractivity contribution is 5.82. The fraction of sp³-hybridized carbons (Fsp3) is 0.462. The molecule has 0 aromatic heterocycles. The molecule has 0 heterocycles. The van der Waals surface area contributed by atoms with Gasteiger partial charge < -0.3 is 10.1 Å². The van der Waals surface area contributed by atoms with Gasteiger partial charge in [-0.3, -0.25) is 4.79 Å². The molecule has 1 N–H and O–H groups in total. The summed E-state index contributed by atoms with van der Waals surface area (Å²) in [6.45, 7) is 5.24. The molecule has 0 saturated heterocycles. The second-order valence-electron chi connectivity index (χ2n) is 4.43. The Bertz CT molecular complexity index is 427. The number of nitrogens with one attached hydrogen (secondary N) is 1. The number of rotatable bonds is 4. The fourth-order valence-electron chi connectivity index (χ4n) is 1.47. The van der Waals surface area contributed by atoms with Crippen molar-refractivity contribution in [1.29, 1.82) is 0 Å². The fourth-order valence-corrected chi connectivity index (χ4v) is 1.47. The molecule has 0 saturated carbocycles. The van der Waals surface area contributed by atoms with Crippen LogP contribution in [0.4, 0.5) is 13.2 Å². The van der Waals surface area contributed by atoms with Crippen molar-refractivity contribution in [2.75, 3.05) is 0 Å². The Balaban J connectivity index is 2.68. The third kappa shape index (κ3) is 4.81. The van der Waals surface area contributed by atoms with E-state index in [4.69, 9.17) is 4.74 Å². The highest BCUT2D eigenvalue weighted by Gasteiger charge is 2.39. The summed E-state index contributed by atoms with van der Waals surface area (Å²) in [6, 6.07) is 5.84. The molecule has 1 rings (SSSR count). The molecular formula is C13H16F3NO2. The van der Waals surface area contributed by atoms with Gasteiger partial charge in [0.15, 0.2) is 0 Å². The number of hydrogen-bond donors (Lipinski definition) is 1. The van der Waals surface area contributed by atoms with Crippen molar-refractivity contribution in [3.8, 4) is 5.75 Å². The SMILES string of the molecule is CC(C)Oc1ccc(C(C)NC(=O)C(F)(F)F)cc1. The van der Waals surface area contributed by atoms with Crippen LogP contribution in [0.25, 0.3) is 0 Å². The molecule has 1 atom stereocenters. The molecular weight excluding hydrogens is 259 g/mol. The van der Waals surface area contributed by atoms with Crippen LogP contribution >= 0.6 is 0 Å². The van der Waals surface area contributed by atoms with Gasteiger partial charge >= 0.3 is 12.1 Å². The Labute approximate surface area is 109 Å². The lowest BCUT2D eigenvalue weighted by molar-refractivity contribution is -0.174. The predicted octanol–water partition coefficient (Wildman–Crippen LogP) is 3.21. The van der Waals surface area contributed by atoms with E-state index in [0.717, 1.165) is 0 Å². The standard InChI is InChI=1S/C13H16F3NO2/c1-8(2)19-11-6-4-10(5-7-11)9(3)17-12(18)13(14,15)16/h4-9H,1-3H3,(H,17,18). The molecule has 1 amide bonds. The van der Waals surface area contributed by atoms with Gasteiger partial charge in [0.25, 0.3) is 0 Å². The van der Waals surface area contributed by atoms with Crippen LogP contribution in [-0.2, 0) is 4.79 Å². The third-order valence-electron chi connectivity index (χ3n) is 2.36. The second-order valence-corrected chi connectivity index (χ2v) is 4.43. The summed E-state index contributed by atoms with van der Waals surface area (Å²) < 4.78 is 41.7. The van der Waals surface area contributed by atoms with Crippen LogP contribution in [0, 0.1) is 0 Å². The molecule has 3 nitrogen and oxygen atoms in total. The number of hydrogen-bond acceptors (Lipinski definition) is 2. The van der Waals surface area contributed by atoms with E-state index in [1.54, 1.807) is 24.3 Å². The third-order valence-corrected chi connectivity index (χ3v) is 2.36. The lowest BCUT2D eigenvalue weighted by atomic mass is 10.1. The molecule has 0 radical (unpaired) electrons. The average molecular weight is 275 g/mol. The Hall–Kier alpha value is -1.72. The summed E-state index contributed by atoms with van der Waals surface area (Å²) in [5.74, 6) is -1.31. The number of alkyl halides is 3. The zero-order chi connectivity index (χ0) is 14.6. The predicted molar refractivity (Wildman–Crippen MR) is 64.8 cm³/mol. The van der Waals surface area contributed by atoms with Gasteiger partial charge in [0.2, 0.25) is 0 Å². The second kappa shape index (κ2) is 5.95. The van der Waals surface area contributed by atoms with Crippen molar-refractivity contribution in [2.24, 2.45) is 0 Å². The quantitative estimate of drug-likeness (QED) is 0.916. The van der Waals surface area contributed by atoms with E-state index in [0.29, 0.717) is 11.3 Å². The number of halogens is 3. The number of amides is 1. The van der Waals surface area contributed by atoms with Crippen molar-refractivity contribution in [3.05, 3.63) is 29.8 Å². The Kier molecular flexibility index (Phi) is 4.80. The Morgan fingerprint density at radius 1 is 1.16 bits per heavy atom. The van der Waals surface area contributed by atoms with Crippen molar-refractivity contribution >= 4 is 5.91 Å². The summed E-state index contributed by atoms with van der Waals surface area (Å²) in [6.07, 6.45) is -4.84. The summed E-state index contributed by atoms with van der Waals surface area (Å²) in [5, 5.41) is 1.89. The maximum atomic E-state index is 12.1. The topological polar surface area (TPSA) is 38.3 Å². The minimum absolute atomic E-state index is 0.0215. The molecule has 19 heavy (non-hydrogen) atoms. The highest BCUT2D eigenvalue weighted by Crippen LogP contribution is 2.21. The zero-order valence-corrected chi connectivity index (χ0v) is 10.9. The number of carbonyl (C=O) groups excluding carboxylic acids is 1. The molecule has 1 aromatic rings. The monoisotopic (exact) mass is 275 g/mol. The van der Waals surface area contributed by atoms with E-state index in [-0.39, 0.29) is 6.10 Å².